The maximum absolute atomic E-state index is 12.9. The third kappa shape index (κ3) is 3.37. The quantitative estimate of drug-likeness (QED) is 0.711. The van der Waals surface area contributed by atoms with Crippen LogP contribution in [-0.4, -0.2) is 50.3 Å². The van der Waals surface area contributed by atoms with Gasteiger partial charge in [-0.05, 0) is 44.0 Å². The second kappa shape index (κ2) is 7.34. The van der Waals surface area contributed by atoms with Crippen LogP contribution in [0, 0.1) is 0 Å². The van der Waals surface area contributed by atoms with E-state index in [1.807, 2.05) is 43.1 Å². The Labute approximate surface area is 158 Å². The average molecular weight is 365 g/mol. The molecule has 140 valence electrons. The van der Waals surface area contributed by atoms with Crippen LogP contribution in [0.1, 0.15) is 41.7 Å². The number of likely N-dealkylation sites (tertiary alicyclic amines) is 1. The van der Waals surface area contributed by atoms with Gasteiger partial charge in [-0.3, -0.25) is 4.79 Å². The summed E-state index contributed by atoms with van der Waals surface area (Å²) in [5, 5.41) is 4.65. The Kier molecular flexibility index (Phi) is 4.75. The molecule has 3 aromatic rings. The maximum Gasteiger partial charge on any atom is 0.253 e. The third-order valence-electron chi connectivity index (χ3n) is 4.99. The highest BCUT2D eigenvalue weighted by molar-refractivity contribution is 5.94. The molecule has 2 aromatic heterocycles. The number of carbonyl (C=O) groups excluding carboxylic acids is 1. The summed E-state index contributed by atoms with van der Waals surface area (Å²) in [6, 6.07) is 7.36. The van der Waals surface area contributed by atoms with Crippen LogP contribution >= 0.6 is 0 Å². The minimum absolute atomic E-state index is 0.0501. The molecule has 0 N–H and O–H groups in total. The summed E-state index contributed by atoms with van der Waals surface area (Å²) in [6.07, 6.45) is 5.32. The van der Waals surface area contributed by atoms with E-state index in [0.717, 1.165) is 42.0 Å². The molecule has 1 aliphatic heterocycles. The lowest BCUT2D eigenvalue weighted by Gasteiger charge is -2.32. The van der Waals surface area contributed by atoms with Crippen LogP contribution in [-0.2, 0) is 7.05 Å². The van der Waals surface area contributed by atoms with E-state index in [4.69, 9.17) is 4.74 Å². The molecule has 0 unspecified atom stereocenters. The van der Waals surface area contributed by atoms with Gasteiger partial charge in [0.2, 0.25) is 0 Å². The van der Waals surface area contributed by atoms with Crippen molar-refractivity contribution < 1.29 is 9.53 Å². The molecule has 27 heavy (non-hydrogen) atoms. The molecule has 1 aliphatic rings. The van der Waals surface area contributed by atoms with Crippen molar-refractivity contribution >= 4 is 17.1 Å². The van der Waals surface area contributed by atoms with Gasteiger partial charge in [-0.25, -0.2) is 14.6 Å². The van der Waals surface area contributed by atoms with Crippen molar-refractivity contribution in [3.8, 4) is 5.75 Å². The van der Waals surface area contributed by atoms with Crippen LogP contribution in [0.2, 0.25) is 0 Å². The van der Waals surface area contributed by atoms with Crippen molar-refractivity contribution in [3.63, 3.8) is 0 Å². The monoisotopic (exact) mass is 365 g/mol. The summed E-state index contributed by atoms with van der Waals surface area (Å²) in [6.45, 7) is 3.97. The van der Waals surface area contributed by atoms with Gasteiger partial charge in [0.05, 0.1) is 12.3 Å². The van der Waals surface area contributed by atoms with E-state index in [1.54, 1.807) is 17.1 Å². The van der Waals surface area contributed by atoms with Gasteiger partial charge in [0.25, 0.3) is 5.91 Å². The Morgan fingerprint density at radius 1 is 1.22 bits per heavy atom. The van der Waals surface area contributed by atoms with Crippen molar-refractivity contribution in [2.24, 2.45) is 7.05 Å². The number of fused-ring (bicyclic) bond motifs is 1. The summed E-state index contributed by atoms with van der Waals surface area (Å²) in [5.41, 5.74) is 3.23. The van der Waals surface area contributed by atoms with Gasteiger partial charge in [0.1, 0.15) is 11.3 Å². The summed E-state index contributed by atoms with van der Waals surface area (Å²) >= 11 is 0. The molecule has 1 amide bonds. The van der Waals surface area contributed by atoms with Crippen LogP contribution in [0.4, 0.5) is 0 Å². The first-order chi connectivity index (χ1) is 13.2. The standard InChI is InChI=1S/C20H23N5O2/c1-3-27-16-8-6-14(7-9-16)20(26)25-12-4-5-15(13-25)17-18-19(24(2)23-17)22-11-10-21-18/h6-11,15H,3-5,12-13H2,1-2H3/t15-/m1/s1. The fraction of sp³-hybridized carbons (Fsp3) is 0.400. The van der Waals surface area contributed by atoms with Crippen molar-refractivity contribution in [2.75, 3.05) is 19.7 Å². The molecule has 1 fully saturated rings. The maximum atomic E-state index is 12.9. The lowest BCUT2D eigenvalue weighted by molar-refractivity contribution is 0.0706. The molecule has 0 spiro atoms. The van der Waals surface area contributed by atoms with Gasteiger partial charge in [-0.2, -0.15) is 5.10 Å². The number of nitrogens with zero attached hydrogens (tertiary/aromatic N) is 5. The average Bonchev–Trinajstić information content (AvgIpc) is 3.05. The summed E-state index contributed by atoms with van der Waals surface area (Å²) in [5.74, 6) is 1.00. The molecule has 4 rings (SSSR count). The van der Waals surface area contributed by atoms with Gasteiger partial charge in [0.15, 0.2) is 5.65 Å². The topological polar surface area (TPSA) is 73.1 Å². The second-order valence-electron chi connectivity index (χ2n) is 6.79. The van der Waals surface area contributed by atoms with Gasteiger partial charge < -0.3 is 9.64 Å². The first kappa shape index (κ1) is 17.5. The van der Waals surface area contributed by atoms with Crippen LogP contribution < -0.4 is 4.74 Å². The summed E-state index contributed by atoms with van der Waals surface area (Å²) in [4.78, 5) is 23.7. The first-order valence-electron chi connectivity index (χ1n) is 9.33. The fourth-order valence-corrected chi connectivity index (χ4v) is 3.71. The lowest BCUT2D eigenvalue weighted by atomic mass is 9.94. The minimum atomic E-state index is 0.0501. The number of amides is 1. The zero-order chi connectivity index (χ0) is 18.8. The first-order valence-corrected chi connectivity index (χ1v) is 9.33. The molecule has 0 saturated carbocycles. The van der Waals surface area contributed by atoms with E-state index in [9.17, 15) is 4.79 Å². The second-order valence-corrected chi connectivity index (χ2v) is 6.79. The highest BCUT2D eigenvalue weighted by Crippen LogP contribution is 2.30. The predicted octanol–water partition coefficient (Wildman–Crippen LogP) is 2.78. The Bertz CT molecular complexity index is 951. The zero-order valence-electron chi connectivity index (χ0n) is 15.6. The van der Waals surface area contributed by atoms with Gasteiger partial charge in [-0.1, -0.05) is 0 Å². The molecule has 7 nitrogen and oxygen atoms in total. The third-order valence-corrected chi connectivity index (χ3v) is 4.99. The number of ether oxygens (including phenoxy) is 1. The van der Waals surface area contributed by atoms with E-state index < -0.39 is 0 Å². The van der Waals surface area contributed by atoms with E-state index in [-0.39, 0.29) is 11.8 Å². The number of hydrogen-bond acceptors (Lipinski definition) is 5. The van der Waals surface area contributed by atoms with E-state index >= 15 is 0 Å². The SMILES string of the molecule is CCOc1ccc(C(=O)N2CCC[C@@H](c3nn(C)c4nccnc34)C2)cc1. The molecule has 0 radical (unpaired) electrons. The minimum Gasteiger partial charge on any atom is -0.494 e. The van der Waals surface area contributed by atoms with Crippen LogP contribution in [0.5, 0.6) is 5.75 Å². The molecular formula is C20H23N5O2. The Morgan fingerprint density at radius 3 is 2.78 bits per heavy atom. The zero-order valence-corrected chi connectivity index (χ0v) is 15.6. The van der Waals surface area contributed by atoms with Crippen molar-refractivity contribution in [1.29, 1.82) is 0 Å². The fourth-order valence-electron chi connectivity index (χ4n) is 3.71. The highest BCUT2D eigenvalue weighted by Gasteiger charge is 2.29. The normalized spacial score (nSPS) is 17.3. The number of aryl methyl sites for hydroxylation is 1. The Morgan fingerprint density at radius 2 is 2.00 bits per heavy atom. The highest BCUT2D eigenvalue weighted by atomic mass is 16.5. The molecular weight excluding hydrogens is 342 g/mol. The van der Waals surface area contributed by atoms with Gasteiger partial charge in [0, 0.05) is 44.0 Å². The molecule has 3 heterocycles. The Balaban J connectivity index is 1.54. The molecule has 7 heteroatoms. The van der Waals surface area contributed by atoms with E-state index in [0.29, 0.717) is 18.7 Å². The van der Waals surface area contributed by atoms with Gasteiger partial charge in [-0.15, -0.1) is 0 Å². The van der Waals surface area contributed by atoms with E-state index in [2.05, 4.69) is 15.1 Å². The number of aromatic nitrogens is 4. The van der Waals surface area contributed by atoms with Gasteiger partial charge >= 0.3 is 0 Å². The molecule has 0 aliphatic carbocycles. The van der Waals surface area contributed by atoms with Crippen molar-refractivity contribution in [3.05, 3.63) is 47.9 Å². The molecule has 0 bridgehead atoms. The largest absolute Gasteiger partial charge is 0.494 e. The summed E-state index contributed by atoms with van der Waals surface area (Å²) < 4.78 is 7.22. The number of rotatable bonds is 4. The van der Waals surface area contributed by atoms with Crippen LogP contribution in [0.15, 0.2) is 36.7 Å². The van der Waals surface area contributed by atoms with Crippen molar-refractivity contribution in [1.82, 2.24) is 24.6 Å². The number of piperidine rings is 1. The molecule has 1 aromatic carbocycles. The Hall–Kier alpha value is -2.96. The molecule has 1 saturated heterocycles. The van der Waals surface area contributed by atoms with Crippen LogP contribution in [0.3, 0.4) is 0 Å². The molecule has 1 atom stereocenters. The predicted molar refractivity (Wildman–Crippen MR) is 102 cm³/mol. The van der Waals surface area contributed by atoms with E-state index in [1.165, 1.54) is 0 Å². The van der Waals surface area contributed by atoms with Crippen molar-refractivity contribution in [2.45, 2.75) is 25.7 Å². The smallest absolute Gasteiger partial charge is 0.253 e. The number of carbonyl (C=O) groups is 1. The lowest BCUT2D eigenvalue weighted by Crippen LogP contribution is -2.39. The van der Waals surface area contributed by atoms with Crippen LogP contribution in [0.25, 0.3) is 11.2 Å². The number of benzene rings is 1. The number of hydrogen-bond donors (Lipinski definition) is 0. The summed E-state index contributed by atoms with van der Waals surface area (Å²) in [7, 11) is 1.88.